The van der Waals surface area contributed by atoms with Crippen LogP contribution in [-0.4, -0.2) is 29.6 Å². The van der Waals surface area contributed by atoms with Gasteiger partial charge in [-0.2, -0.15) is 0 Å². The molecular formula is C15H33N3. The Kier molecular flexibility index (Phi) is 6.61. The Morgan fingerprint density at radius 1 is 1.11 bits per heavy atom. The van der Waals surface area contributed by atoms with Gasteiger partial charge in [-0.05, 0) is 52.1 Å². The summed E-state index contributed by atoms with van der Waals surface area (Å²) in [5.74, 6) is 6.60. The monoisotopic (exact) mass is 255 g/mol. The molecule has 1 rings (SSSR count). The first kappa shape index (κ1) is 15.9. The summed E-state index contributed by atoms with van der Waals surface area (Å²) in [4.78, 5) is 2.62. The van der Waals surface area contributed by atoms with Crippen molar-refractivity contribution in [2.45, 2.75) is 77.8 Å². The molecule has 1 aliphatic heterocycles. The molecule has 1 atom stereocenters. The van der Waals surface area contributed by atoms with Crippen LogP contribution in [0.15, 0.2) is 0 Å². The summed E-state index contributed by atoms with van der Waals surface area (Å²) in [7, 11) is 0. The number of nitrogens with one attached hydrogen (secondary N) is 1. The zero-order chi connectivity index (χ0) is 13.6. The van der Waals surface area contributed by atoms with Crippen LogP contribution >= 0.6 is 0 Å². The highest BCUT2D eigenvalue weighted by Crippen LogP contribution is 2.26. The minimum absolute atomic E-state index is 0.173. The number of nitrogens with two attached hydrogens (primary N) is 1. The maximum atomic E-state index is 5.81. The molecule has 1 heterocycles. The number of hydrazine groups is 1. The number of hydrogen-bond donors (Lipinski definition) is 2. The van der Waals surface area contributed by atoms with Crippen molar-refractivity contribution in [1.82, 2.24) is 10.3 Å². The van der Waals surface area contributed by atoms with E-state index in [0.717, 1.165) is 5.92 Å². The average molecular weight is 255 g/mol. The third kappa shape index (κ3) is 4.52. The van der Waals surface area contributed by atoms with E-state index in [1.54, 1.807) is 0 Å². The molecule has 0 amide bonds. The summed E-state index contributed by atoms with van der Waals surface area (Å²) in [5, 5.41) is 0. The second-order valence-electron chi connectivity index (χ2n) is 6.75. The second kappa shape index (κ2) is 7.46. The predicted octanol–water partition coefficient (Wildman–Crippen LogP) is 2.91. The highest BCUT2D eigenvalue weighted by Gasteiger charge is 2.34. The van der Waals surface area contributed by atoms with Crippen LogP contribution < -0.4 is 11.3 Å². The van der Waals surface area contributed by atoms with Crippen LogP contribution in [0, 0.1) is 5.92 Å². The lowest BCUT2D eigenvalue weighted by Crippen LogP contribution is -2.60. The molecule has 0 aromatic carbocycles. The van der Waals surface area contributed by atoms with Crippen LogP contribution in [0.1, 0.15) is 66.2 Å². The summed E-state index contributed by atoms with van der Waals surface area (Å²) in [6.45, 7) is 11.7. The first-order valence-electron chi connectivity index (χ1n) is 7.69. The van der Waals surface area contributed by atoms with E-state index < -0.39 is 0 Å². The van der Waals surface area contributed by atoms with Gasteiger partial charge in [0.15, 0.2) is 0 Å². The van der Waals surface area contributed by atoms with Gasteiger partial charge in [0.1, 0.15) is 0 Å². The lowest BCUT2D eigenvalue weighted by molar-refractivity contribution is 0.0571. The minimum Gasteiger partial charge on any atom is -0.297 e. The highest BCUT2D eigenvalue weighted by molar-refractivity contribution is 4.93. The highest BCUT2D eigenvalue weighted by atomic mass is 15.3. The van der Waals surface area contributed by atoms with Crippen LogP contribution in [-0.2, 0) is 0 Å². The van der Waals surface area contributed by atoms with Crippen molar-refractivity contribution in [2.75, 3.05) is 13.1 Å². The summed E-state index contributed by atoms with van der Waals surface area (Å²) in [6, 6.07) is 0.398. The molecule has 108 valence electrons. The van der Waals surface area contributed by atoms with E-state index in [1.165, 1.54) is 51.6 Å². The van der Waals surface area contributed by atoms with Crippen molar-refractivity contribution in [3.63, 3.8) is 0 Å². The van der Waals surface area contributed by atoms with E-state index in [0.29, 0.717) is 6.04 Å². The lowest BCUT2D eigenvalue weighted by atomic mass is 9.86. The Balaban J connectivity index is 2.49. The summed E-state index contributed by atoms with van der Waals surface area (Å²) >= 11 is 0. The van der Waals surface area contributed by atoms with E-state index >= 15 is 0 Å². The molecule has 1 fully saturated rings. The third-order valence-corrected chi connectivity index (χ3v) is 4.50. The zero-order valence-electron chi connectivity index (χ0n) is 12.8. The molecule has 18 heavy (non-hydrogen) atoms. The molecule has 0 saturated carbocycles. The van der Waals surface area contributed by atoms with Crippen LogP contribution in [0.4, 0.5) is 0 Å². The van der Waals surface area contributed by atoms with Gasteiger partial charge in [0.2, 0.25) is 0 Å². The fourth-order valence-electron chi connectivity index (χ4n) is 3.06. The maximum absolute atomic E-state index is 5.81. The molecule has 0 radical (unpaired) electrons. The van der Waals surface area contributed by atoms with E-state index in [2.05, 4.69) is 38.0 Å². The quantitative estimate of drug-likeness (QED) is 0.543. The summed E-state index contributed by atoms with van der Waals surface area (Å²) in [6.07, 6.45) is 7.82. The Bertz CT molecular complexity index is 220. The standard InChI is InChI=1S/C15H33N3/c1-13(2)9-8-10-14(17-16)15(3,4)18-11-6-5-7-12-18/h13-14,17H,5-12,16H2,1-4H3. The van der Waals surface area contributed by atoms with Crippen molar-refractivity contribution in [3.8, 4) is 0 Å². The molecule has 1 saturated heterocycles. The van der Waals surface area contributed by atoms with Crippen LogP contribution in [0.5, 0.6) is 0 Å². The first-order valence-corrected chi connectivity index (χ1v) is 7.69. The summed E-state index contributed by atoms with van der Waals surface area (Å²) < 4.78 is 0. The Morgan fingerprint density at radius 2 is 1.72 bits per heavy atom. The number of rotatable bonds is 7. The normalized spacial score (nSPS) is 20.3. The molecule has 3 nitrogen and oxygen atoms in total. The molecule has 0 spiro atoms. The Labute approximate surface area is 113 Å². The molecule has 0 aromatic rings. The van der Waals surface area contributed by atoms with Gasteiger partial charge in [-0.3, -0.25) is 16.2 Å². The Morgan fingerprint density at radius 3 is 2.22 bits per heavy atom. The second-order valence-corrected chi connectivity index (χ2v) is 6.75. The van der Waals surface area contributed by atoms with Gasteiger partial charge in [-0.15, -0.1) is 0 Å². The number of likely N-dealkylation sites (tertiary alicyclic amines) is 1. The van der Waals surface area contributed by atoms with Crippen LogP contribution in [0.2, 0.25) is 0 Å². The van der Waals surface area contributed by atoms with E-state index in [1.807, 2.05) is 0 Å². The molecule has 1 unspecified atom stereocenters. The molecule has 0 bridgehead atoms. The SMILES string of the molecule is CC(C)CCCC(NN)C(C)(C)N1CCCCC1. The number of nitrogens with zero attached hydrogens (tertiary/aromatic N) is 1. The molecule has 0 aromatic heterocycles. The first-order chi connectivity index (χ1) is 8.48. The van der Waals surface area contributed by atoms with Crippen molar-refractivity contribution >= 4 is 0 Å². The fourth-order valence-corrected chi connectivity index (χ4v) is 3.06. The largest absolute Gasteiger partial charge is 0.297 e. The fraction of sp³-hybridized carbons (Fsp3) is 1.00. The van der Waals surface area contributed by atoms with Crippen LogP contribution in [0.3, 0.4) is 0 Å². The molecule has 1 aliphatic rings. The lowest BCUT2D eigenvalue weighted by Gasteiger charge is -2.46. The Hall–Kier alpha value is -0.120. The topological polar surface area (TPSA) is 41.3 Å². The van der Waals surface area contributed by atoms with Gasteiger partial charge < -0.3 is 0 Å². The smallest absolute Gasteiger partial charge is 0.0389 e. The molecule has 0 aliphatic carbocycles. The van der Waals surface area contributed by atoms with E-state index in [9.17, 15) is 0 Å². The minimum atomic E-state index is 0.173. The number of piperidine rings is 1. The molecule has 3 heteroatoms. The van der Waals surface area contributed by atoms with E-state index in [-0.39, 0.29) is 5.54 Å². The van der Waals surface area contributed by atoms with Crippen molar-refractivity contribution in [1.29, 1.82) is 0 Å². The van der Waals surface area contributed by atoms with Gasteiger partial charge in [0, 0.05) is 11.6 Å². The average Bonchev–Trinajstić information content (AvgIpc) is 2.35. The van der Waals surface area contributed by atoms with Gasteiger partial charge >= 0.3 is 0 Å². The van der Waals surface area contributed by atoms with Crippen molar-refractivity contribution in [3.05, 3.63) is 0 Å². The van der Waals surface area contributed by atoms with Gasteiger partial charge in [0.25, 0.3) is 0 Å². The van der Waals surface area contributed by atoms with Crippen molar-refractivity contribution < 1.29 is 0 Å². The number of hydrogen-bond acceptors (Lipinski definition) is 3. The van der Waals surface area contributed by atoms with Crippen molar-refractivity contribution in [2.24, 2.45) is 11.8 Å². The van der Waals surface area contributed by atoms with Crippen LogP contribution in [0.25, 0.3) is 0 Å². The molecule has 3 N–H and O–H groups in total. The predicted molar refractivity (Wildman–Crippen MR) is 79.3 cm³/mol. The zero-order valence-corrected chi connectivity index (χ0v) is 12.8. The third-order valence-electron chi connectivity index (χ3n) is 4.50. The van der Waals surface area contributed by atoms with Gasteiger partial charge in [-0.1, -0.05) is 33.1 Å². The van der Waals surface area contributed by atoms with Gasteiger partial charge in [0.05, 0.1) is 0 Å². The molecular weight excluding hydrogens is 222 g/mol. The summed E-state index contributed by atoms with van der Waals surface area (Å²) in [5.41, 5.74) is 3.24. The maximum Gasteiger partial charge on any atom is 0.0389 e. The van der Waals surface area contributed by atoms with E-state index in [4.69, 9.17) is 5.84 Å². The van der Waals surface area contributed by atoms with Gasteiger partial charge in [-0.25, -0.2) is 0 Å².